The summed E-state index contributed by atoms with van der Waals surface area (Å²) in [6, 6.07) is 11.8. The Hall–Kier alpha value is -2.43. The van der Waals surface area contributed by atoms with Gasteiger partial charge in [-0.15, -0.1) is 0 Å². The van der Waals surface area contributed by atoms with E-state index in [0.717, 1.165) is 12.5 Å². The number of hydrogen-bond donors (Lipinski definition) is 1. The molecule has 0 saturated carbocycles. The van der Waals surface area contributed by atoms with Gasteiger partial charge in [-0.2, -0.15) is 0 Å². The maximum absolute atomic E-state index is 13.7. The molecule has 0 heterocycles. The number of nitro groups is 1. The maximum Gasteiger partial charge on any atom is 0.272 e. The lowest BCUT2D eigenvalue weighted by Crippen LogP contribution is -2.24. The van der Waals surface area contributed by atoms with Gasteiger partial charge in [0.05, 0.1) is 16.7 Å². The quantitative estimate of drug-likeness (QED) is 0.684. The van der Waals surface area contributed by atoms with Crippen LogP contribution in [-0.4, -0.2) is 11.5 Å². The zero-order valence-corrected chi connectivity index (χ0v) is 10.7. The first-order chi connectivity index (χ1) is 9.65. The van der Waals surface area contributed by atoms with Crippen molar-refractivity contribution in [3.05, 3.63) is 69.5 Å². The van der Waals surface area contributed by atoms with E-state index in [9.17, 15) is 14.5 Å². The first kappa shape index (κ1) is 12.6. The molecule has 0 bridgehead atoms. The van der Waals surface area contributed by atoms with Gasteiger partial charge in [0.1, 0.15) is 0 Å². The summed E-state index contributed by atoms with van der Waals surface area (Å²) in [5.74, 6) is -0.215. The molecule has 1 atom stereocenters. The number of nitrogens with one attached hydrogen (secondary N) is 1. The highest BCUT2D eigenvalue weighted by molar-refractivity contribution is 5.51. The molecule has 1 aliphatic carbocycles. The van der Waals surface area contributed by atoms with Crippen LogP contribution in [0.4, 0.5) is 15.8 Å². The molecule has 0 aromatic heterocycles. The van der Waals surface area contributed by atoms with E-state index in [2.05, 4.69) is 17.4 Å². The second-order valence-corrected chi connectivity index (χ2v) is 4.90. The molecular formula is C15H13FN2O2. The van der Waals surface area contributed by atoms with Crippen LogP contribution >= 0.6 is 0 Å². The molecule has 0 aliphatic heterocycles. The SMILES string of the molecule is O=[N+]([O-])c1ccc(NCC2Cc3ccccc32)c(F)c1. The Kier molecular flexibility index (Phi) is 3.10. The molecule has 0 amide bonds. The van der Waals surface area contributed by atoms with Gasteiger partial charge >= 0.3 is 0 Å². The number of benzene rings is 2. The molecule has 0 fully saturated rings. The Balaban J connectivity index is 1.67. The van der Waals surface area contributed by atoms with E-state index in [0.29, 0.717) is 18.2 Å². The van der Waals surface area contributed by atoms with Crippen molar-refractivity contribution >= 4 is 11.4 Å². The summed E-state index contributed by atoms with van der Waals surface area (Å²) in [4.78, 5) is 9.94. The molecule has 1 aliphatic rings. The van der Waals surface area contributed by atoms with Crippen molar-refractivity contribution in [2.75, 3.05) is 11.9 Å². The van der Waals surface area contributed by atoms with Gasteiger partial charge in [-0.05, 0) is 23.6 Å². The minimum absolute atomic E-state index is 0.234. The Labute approximate surface area is 115 Å². The second kappa shape index (κ2) is 4.92. The van der Waals surface area contributed by atoms with Crippen molar-refractivity contribution in [1.82, 2.24) is 0 Å². The third kappa shape index (κ3) is 2.22. The largest absolute Gasteiger partial charge is 0.382 e. The number of fused-ring (bicyclic) bond motifs is 1. The maximum atomic E-state index is 13.7. The van der Waals surface area contributed by atoms with Crippen LogP contribution in [0.5, 0.6) is 0 Å². The Morgan fingerprint density at radius 2 is 2.10 bits per heavy atom. The van der Waals surface area contributed by atoms with Gasteiger partial charge < -0.3 is 5.32 Å². The number of anilines is 1. The smallest absolute Gasteiger partial charge is 0.272 e. The highest BCUT2D eigenvalue weighted by Gasteiger charge is 2.25. The van der Waals surface area contributed by atoms with Gasteiger partial charge in [0, 0.05) is 18.5 Å². The normalized spacial score (nSPS) is 16.1. The zero-order valence-electron chi connectivity index (χ0n) is 10.7. The number of halogens is 1. The molecule has 3 rings (SSSR count). The number of nitro benzene ring substituents is 1. The van der Waals surface area contributed by atoms with Gasteiger partial charge in [-0.25, -0.2) is 4.39 Å². The van der Waals surface area contributed by atoms with Crippen molar-refractivity contribution in [3.8, 4) is 0 Å². The standard InChI is InChI=1S/C15H13FN2O2/c16-14-8-12(18(19)20)5-6-15(14)17-9-11-7-10-3-1-2-4-13(10)11/h1-6,8,11,17H,7,9H2. The lowest BCUT2D eigenvalue weighted by Gasteiger charge is -2.30. The molecular weight excluding hydrogens is 259 g/mol. The third-order valence-corrected chi connectivity index (χ3v) is 3.66. The average Bonchev–Trinajstić information content (AvgIpc) is 2.41. The molecule has 0 spiro atoms. The van der Waals surface area contributed by atoms with E-state index in [-0.39, 0.29) is 5.69 Å². The van der Waals surface area contributed by atoms with Crippen LogP contribution in [0, 0.1) is 15.9 Å². The molecule has 0 saturated heterocycles. The van der Waals surface area contributed by atoms with Gasteiger partial charge in [0.2, 0.25) is 0 Å². The first-order valence-corrected chi connectivity index (χ1v) is 6.41. The minimum atomic E-state index is -0.602. The van der Waals surface area contributed by atoms with Crippen LogP contribution in [0.1, 0.15) is 17.0 Å². The Morgan fingerprint density at radius 3 is 2.80 bits per heavy atom. The van der Waals surface area contributed by atoms with E-state index in [1.807, 2.05) is 12.1 Å². The summed E-state index contributed by atoms with van der Waals surface area (Å²) in [5, 5.41) is 13.6. The number of nitrogens with zero attached hydrogens (tertiary/aromatic N) is 1. The Morgan fingerprint density at radius 1 is 1.30 bits per heavy atom. The summed E-state index contributed by atoms with van der Waals surface area (Å²) < 4.78 is 13.7. The van der Waals surface area contributed by atoms with E-state index in [1.165, 1.54) is 23.3 Å². The number of non-ortho nitro benzene ring substituents is 1. The van der Waals surface area contributed by atoms with Crippen LogP contribution in [-0.2, 0) is 6.42 Å². The summed E-state index contributed by atoms with van der Waals surface area (Å²) in [5.41, 5.74) is 2.70. The fraction of sp³-hybridized carbons (Fsp3) is 0.200. The Bertz CT molecular complexity index is 673. The monoisotopic (exact) mass is 272 g/mol. The fourth-order valence-corrected chi connectivity index (χ4v) is 2.54. The molecule has 1 unspecified atom stereocenters. The molecule has 2 aromatic carbocycles. The molecule has 0 radical (unpaired) electrons. The van der Waals surface area contributed by atoms with Crippen molar-refractivity contribution in [3.63, 3.8) is 0 Å². The molecule has 2 aromatic rings. The molecule has 5 heteroatoms. The molecule has 102 valence electrons. The first-order valence-electron chi connectivity index (χ1n) is 6.41. The summed E-state index contributed by atoms with van der Waals surface area (Å²) in [6.07, 6.45) is 0.984. The van der Waals surface area contributed by atoms with Crippen LogP contribution < -0.4 is 5.32 Å². The van der Waals surface area contributed by atoms with Crippen molar-refractivity contribution in [2.24, 2.45) is 0 Å². The van der Waals surface area contributed by atoms with Crippen LogP contribution in [0.15, 0.2) is 42.5 Å². The number of rotatable bonds is 4. The topological polar surface area (TPSA) is 55.2 Å². The molecule has 20 heavy (non-hydrogen) atoms. The van der Waals surface area contributed by atoms with Crippen molar-refractivity contribution < 1.29 is 9.31 Å². The molecule has 1 N–H and O–H groups in total. The summed E-state index contributed by atoms with van der Waals surface area (Å²) >= 11 is 0. The van der Waals surface area contributed by atoms with Gasteiger partial charge in [0.25, 0.3) is 5.69 Å². The lowest BCUT2D eigenvalue weighted by molar-refractivity contribution is -0.385. The predicted molar refractivity (Wildman–Crippen MR) is 74.4 cm³/mol. The van der Waals surface area contributed by atoms with Gasteiger partial charge in [0.15, 0.2) is 5.82 Å². The highest BCUT2D eigenvalue weighted by Crippen LogP contribution is 2.35. The van der Waals surface area contributed by atoms with Crippen LogP contribution in [0.2, 0.25) is 0 Å². The van der Waals surface area contributed by atoms with Crippen molar-refractivity contribution in [1.29, 1.82) is 0 Å². The van der Waals surface area contributed by atoms with Gasteiger partial charge in [-0.3, -0.25) is 10.1 Å². The molecule has 4 nitrogen and oxygen atoms in total. The van der Waals surface area contributed by atoms with E-state index < -0.39 is 10.7 Å². The summed E-state index contributed by atoms with van der Waals surface area (Å²) in [7, 11) is 0. The number of hydrogen-bond acceptors (Lipinski definition) is 3. The zero-order chi connectivity index (χ0) is 14.1. The highest BCUT2D eigenvalue weighted by atomic mass is 19.1. The lowest BCUT2D eigenvalue weighted by atomic mass is 9.77. The van der Waals surface area contributed by atoms with E-state index in [1.54, 1.807) is 0 Å². The van der Waals surface area contributed by atoms with Crippen LogP contribution in [0.3, 0.4) is 0 Å². The third-order valence-electron chi connectivity index (χ3n) is 3.66. The predicted octanol–water partition coefficient (Wildman–Crippen LogP) is 3.49. The van der Waals surface area contributed by atoms with E-state index >= 15 is 0 Å². The van der Waals surface area contributed by atoms with Gasteiger partial charge in [-0.1, -0.05) is 24.3 Å². The summed E-state index contributed by atoms with van der Waals surface area (Å²) in [6.45, 7) is 0.631. The fourth-order valence-electron chi connectivity index (χ4n) is 2.54. The minimum Gasteiger partial charge on any atom is -0.382 e. The van der Waals surface area contributed by atoms with E-state index in [4.69, 9.17) is 0 Å². The average molecular weight is 272 g/mol. The van der Waals surface area contributed by atoms with Crippen LogP contribution in [0.25, 0.3) is 0 Å². The second-order valence-electron chi connectivity index (χ2n) is 4.90. The van der Waals surface area contributed by atoms with Crippen molar-refractivity contribution in [2.45, 2.75) is 12.3 Å².